The largest absolute Gasteiger partial charge is 0.346 e. The summed E-state index contributed by atoms with van der Waals surface area (Å²) in [7, 11) is 0. The van der Waals surface area contributed by atoms with E-state index >= 15 is 0 Å². The van der Waals surface area contributed by atoms with Gasteiger partial charge in [-0.3, -0.25) is 9.78 Å². The Kier molecular flexibility index (Phi) is 5.13. The van der Waals surface area contributed by atoms with Gasteiger partial charge in [0.15, 0.2) is 0 Å². The van der Waals surface area contributed by atoms with Crippen LogP contribution in [0.5, 0.6) is 0 Å². The van der Waals surface area contributed by atoms with Crippen molar-refractivity contribution >= 4 is 28.4 Å². The number of para-hydroxylation sites is 1. The highest BCUT2D eigenvalue weighted by Gasteiger charge is 2.34. The minimum atomic E-state index is -0.200. The second kappa shape index (κ2) is 7.69. The Hall–Kier alpha value is -2.39. The van der Waals surface area contributed by atoms with Crippen molar-refractivity contribution in [3.63, 3.8) is 0 Å². The normalized spacial score (nSPS) is 16.2. The zero-order valence-electron chi connectivity index (χ0n) is 15.2. The average molecular weight is 379 g/mol. The number of carbonyl (C=O) groups is 1. The fraction of sp³-hybridized carbons (Fsp3) is 0.304. The smallest absolute Gasteiger partial charge is 0.253 e. The molecule has 1 aromatic heterocycles. The third kappa shape index (κ3) is 4.14. The maximum Gasteiger partial charge on any atom is 0.253 e. The van der Waals surface area contributed by atoms with Gasteiger partial charge in [-0.25, -0.2) is 0 Å². The molecule has 4 rings (SSSR count). The summed E-state index contributed by atoms with van der Waals surface area (Å²) >= 11 is 6.02. The van der Waals surface area contributed by atoms with Crippen LogP contribution in [0.2, 0.25) is 5.02 Å². The van der Waals surface area contributed by atoms with E-state index in [9.17, 15) is 4.79 Å². The van der Waals surface area contributed by atoms with Crippen LogP contribution in [-0.4, -0.2) is 16.4 Å². The van der Waals surface area contributed by atoms with E-state index in [1.54, 1.807) is 6.20 Å². The first kappa shape index (κ1) is 18.0. The van der Waals surface area contributed by atoms with E-state index in [1.165, 1.54) is 12.0 Å². The average Bonchev–Trinajstić information content (AvgIpc) is 2.70. The van der Waals surface area contributed by atoms with Gasteiger partial charge < -0.3 is 5.32 Å². The first-order valence-corrected chi connectivity index (χ1v) is 9.93. The predicted octanol–water partition coefficient (Wildman–Crippen LogP) is 5.56. The molecule has 0 aliphatic heterocycles. The second-order valence-electron chi connectivity index (χ2n) is 7.52. The molecule has 1 aliphatic rings. The fourth-order valence-corrected chi connectivity index (χ4v) is 4.20. The number of hydrogen-bond acceptors (Lipinski definition) is 2. The van der Waals surface area contributed by atoms with Crippen molar-refractivity contribution in [1.82, 2.24) is 10.3 Å². The van der Waals surface area contributed by atoms with Crippen molar-refractivity contribution in [1.29, 1.82) is 0 Å². The minimum absolute atomic E-state index is 0.0379. The summed E-state index contributed by atoms with van der Waals surface area (Å²) in [5.41, 5.74) is 2.53. The predicted molar refractivity (Wildman–Crippen MR) is 110 cm³/mol. The maximum atomic E-state index is 13.0. The lowest BCUT2D eigenvalue weighted by atomic mass is 9.77. The van der Waals surface area contributed by atoms with Crippen LogP contribution in [0.15, 0.2) is 60.8 Å². The van der Waals surface area contributed by atoms with Crippen molar-refractivity contribution in [2.45, 2.75) is 44.1 Å². The Morgan fingerprint density at radius 1 is 1.04 bits per heavy atom. The van der Waals surface area contributed by atoms with Crippen molar-refractivity contribution < 1.29 is 4.79 Å². The van der Waals surface area contributed by atoms with Crippen LogP contribution in [0.1, 0.15) is 48.0 Å². The number of fused-ring (bicyclic) bond motifs is 1. The van der Waals surface area contributed by atoms with Gasteiger partial charge in [0.1, 0.15) is 0 Å². The van der Waals surface area contributed by atoms with Crippen molar-refractivity contribution in [2.24, 2.45) is 0 Å². The van der Waals surface area contributed by atoms with E-state index in [-0.39, 0.29) is 11.4 Å². The highest BCUT2D eigenvalue weighted by atomic mass is 35.5. The molecule has 0 radical (unpaired) electrons. The number of halogens is 1. The standard InChI is InChI=1S/C23H23ClN2O/c24-20-10-8-17(9-11-20)15-23(12-4-1-5-13-23)26-22(27)19-14-18-6-2-3-7-21(18)25-16-19/h2-3,6-11,14,16H,1,4-5,12-13,15H2,(H,26,27). The number of aromatic nitrogens is 1. The van der Waals surface area contributed by atoms with E-state index < -0.39 is 0 Å². The van der Waals surface area contributed by atoms with Crippen LogP contribution in [0.4, 0.5) is 0 Å². The third-order valence-corrected chi connectivity index (χ3v) is 5.75. The second-order valence-corrected chi connectivity index (χ2v) is 7.95. The number of benzene rings is 2. The van der Waals surface area contributed by atoms with Crippen LogP contribution < -0.4 is 5.32 Å². The Balaban J connectivity index is 1.58. The summed E-state index contributed by atoms with van der Waals surface area (Å²) in [6.07, 6.45) is 8.03. The molecular weight excluding hydrogens is 356 g/mol. The Labute approximate surface area is 164 Å². The molecule has 2 aromatic carbocycles. The number of pyridine rings is 1. The van der Waals surface area contributed by atoms with Crippen molar-refractivity contribution in [3.8, 4) is 0 Å². The molecule has 0 saturated heterocycles. The molecule has 1 aliphatic carbocycles. The summed E-state index contributed by atoms with van der Waals surface area (Å²) in [6.45, 7) is 0. The molecule has 27 heavy (non-hydrogen) atoms. The lowest BCUT2D eigenvalue weighted by Crippen LogP contribution is -2.51. The van der Waals surface area contributed by atoms with Gasteiger partial charge in [-0.05, 0) is 49.1 Å². The first-order valence-electron chi connectivity index (χ1n) is 9.55. The van der Waals surface area contributed by atoms with Crippen LogP contribution in [0, 0.1) is 0 Å². The zero-order chi connectivity index (χ0) is 18.7. The molecule has 0 spiro atoms. The number of hydrogen-bond donors (Lipinski definition) is 1. The third-order valence-electron chi connectivity index (χ3n) is 5.50. The zero-order valence-corrected chi connectivity index (χ0v) is 16.0. The number of rotatable bonds is 4. The molecule has 0 bridgehead atoms. The van der Waals surface area contributed by atoms with Gasteiger partial charge in [-0.15, -0.1) is 0 Å². The van der Waals surface area contributed by atoms with Gasteiger partial charge in [-0.2, -0.15) is 0 Å². The van der Waals surface area contributed by atoms with Gasteiger partial charge in [-0.1, -0.05) is 61.2 Å². The number of nitrogens with one attached hydrogen (secondary N) is 1. The summed E-state index contributed by atoms with van der Waals surface area (Å²) in [6, 6.07) is 17.8. The van der Waals surface area contributed by atoms with E-state index in [2.05, 4.69) is 22.4 Å². The Bertz CT molecular complexity index is 946. The topological polar surface area (TPSA) is 42.0 Å². The summed E-state index contributed by atoms with van der Waals surface area (Å²) in [4.78, 5) is 17.5. The van der Waals surface area contributed by atoms with E-state index in [1.807, 2.05) is 42.5 Å². The molecule has 4 heteroatoms. The Morgan fingerprint density at radius 3 is 2.56 bits per heavy atom. The van der Waals surface area contributed by atoms with Gasteiger partial charge in [0.05, 0.1) is 11.1 Å². The van der Waals surface area contributed by atoms with Gasteiger partial charge in [0.25, 0.3) is 5.91 Å². The van der Waals surface area contributed by atoms with E-state index in [0.29, 0.717) is 5.56 Å². The first-order chi connectivity index (χ1) is 13.1. The van der Waals surface area contributed by atoms with Gasteiger partial charge >= 0.3 is 0 Å². The van der Waals surface area contributed by atoms with Crippen LogP contribution in [0.3, 0.4) is 0 Å². The molecule has 0 atom stereocenters. The maximum absolute atomic E-state index is 13.0. The molecular formula is C23H23ClN2O. The summed E-state index contributed by atoms with van der Waals surface area (Å²) in [5.74, 6) is -0.0379. The number of carbonyl (C=O) groups excluding carboxylic acids is 1. The monoisotopic (exact) mass is 378 g/mol. The quantitative estimate of drug-likeness (QED) is 0.645. The lowest BCUT2D eigenvalue weighted by Gasteiger charge is -2.38. The molecule has 1 amide bonds. The molecule has 3 aromatic rings. The van der Waals surface area contributed by atoms with Crippen LogP contribution in [0.25, 0.3) is 10.9 Å². The van der Waals surface area contributed by atoms with Gasteiger partial charge in [0.2, 0.25) is 0 Å². The SMILES string of the molecule is O=C(NC1(Cc2ccc(Cl)cc2)CCCCC1)c1cnc2ccccc2c1. The molecule has 0 unspecified atom stereocenters. The molecule has 138 valence electrons. The number of amides is 1. The van der Waals surface area contributed by atoms with E-state index in [4.69, 9.17) is 11.6 Å². The fourth-order valence-electron chi connectivity index (χ4n) is 4.08. The number of nitrogens with zero attached hydrogens (tertiary/aromatic N) is 1. The lowest BCUT2D eigenvalue weighted by molar-refractivity contribution is 0.0868. The van der Waals surface area contributed by atoms with Crippen molar-refractivity contribution in [2.75, 3.05) is 0 Å². The minimum Gasteiger partial charge on any atom is -0.346 e. The summed E-state index contributed by atoms with van der Waals surface area (Å²) in [5, 5.41) is 5.09. The van der Waals surface area contributed by atoms with Gasteiger partial charge in [0, 0.05) is 22.1 Å². The molecule has 3 nitrogen and oxygen atoms in total. The van der Waals surface area contributed by atoms with Crippen LogP contribution >= 0.6 is 11.6 Å². The summed E-state index contributed by atoms with van der Waals surface area (Å²) < 4.78 is 0. The van der Waals surface area contributed by atoms with E-state index in [0.717, 1.165) is 48.0 Å². The van der Waals surface area contributed by atoms with Crippen LogP contribution in [-0.2, 0) is 6.42 Å². The molecule has 1 heterocycles. The highest BCUT2D eigenvalue weighted by Crippen LogP contribution is 2.32. The highest BCUT2D eigenvalue weighted by molar-refractivity contribution is 6.30. The molecule has 1 N–H and O–H groups in total. The molecule has 1 saturated carbocycles. The molecule has 1 fully saturated rings. The Morgan fingerprint density at radius 2 is 1.78 bits per heavy atom. The van der Waals surface area contributed by atoms with Crippen molar-refractivity contribution in [3.05, 3.63) is 76.9 Å².